The van der Waals surface area contributed by atoms with Crippen molar-refractivity contribution in [2.45, 2.75) is 13.3 Å². The first-order valence-electron chi connectivity index (χ1n) is 4.18. The molecule has 0 atom stereocenters. The van der Waals surface area contributed by atoms with Crippen LogP contribution in [-0.2, 0) is 6.42 Å². The second-order valence-electron chi connectivity index (χ2n) is 2.95. The van der Waals surface area contributed by atoms with Crippen LogP contribution in [-0.4, -0.2) is 0 Å². The fourth-order valence-electron chi connectivity index (χ4n) is 1.44. The molecule has 0 aliphatic rings. The smallest absolute Gasteiger partial charge is 0.0592 e. The fourth-order valence-corrected chi connectivity index (χ4v) is 2.70. The Bertz CT molecular complexity index is 447. The van der Waals surface area contributed by atoms with Gasteiger partial charge >= 0.3 is 0 Å². The summed E-state index contributed by atoms with van der Waals surface area (Å²) in [4.78, 5) is 0. The van der Waals surface area contributed by atoms with Crippen LogP contribution in [0.2, 0.25) is 5.02 Å². The van der Waals surface area contributed by atoms with E-state index in [2.05, 4.69) is 13.0 Å². The van der Waals surface area contributed by atoms with E-state index in [0.29, 0.717) is 0 Å². The molecular weight excluding hydrogens is 202 g/mol. The lowest BCUT2D eigenvalue weighted by Gasteiger charge is -2.03. The molecule has 0 radical (unpaired) electrons. The monoisotopic (exact) mass is 211 g/mol. The number of benzene rings is 1. The molecule has 3 heteroatoms. The van der Waals surface area contributed by atoms with E-state index in [9.17, 15) is 0 Å². The van der Waals surface area contributed by atoms with Crippen molar-refractivity contribution in [2.75, 3.05) is 5.73 Å². The molecule has 1 aromatic carbocycles. The van der Waals surface area contributed by atoms with Gasteiger partial charge in [-0.05, 0) is 12.0 Å². The topological polar surface area (TPSA) is 26.0 Å². The Labute approximate surface area is 86.1 Å². The van der Waals surface area contributed by atoms with Gasteiger partial charge in [0.1, 0.15) is 0 Å². The van der Waals surface area contributed by atoms with Crippen molar-refractivity contribution in [3.63, 3.8) is 0 Å². The van der Waals surface area contributed by atoms with Gasteiger partial charge in [0.25, 0.3) is 0 Å². The van der Waals surface area contributed by atoms with E-state index >= 15 is 0 Å². The standard InChI is InChI=1S/C10H10ClNS/c1-2-6-3-4-7-8(11)5-13-10(7)9(6)12/h3-5H,2,12H2,1H3. The molecule has 2 N–H and O–H groups in total. The molecule has 0 spiro atoms. The highest BCUT2D eigenvalue weighted by molar-refractivity contribution is 7.18. The number of hydrogen-bond donors (Lipinski definition) is 1. The molecule has 1 aromatic heterocycles. The Morgan fingerprint density at radius 2 is 2.23 bits per heavy atom. The van der Waals surface area contributed by atoms with Gasteiger partial charge in [0.2, 0.25) is 0 Å². The summed E-state index contributed by atoms with van der Waals surface area (Å²) in [6.45, 7) is 2.10. The van der Waals surface area contributed by atoms with Crippen LogP contribution in [0.5, 0.6) is 0 Å². The van der Waals surface area contributed by atoms with E-state index in [0.717, 1.165) is 27.2 Å². The molecule has 2 aromatic rings. The van der Waals surface area contributed by atoms with Crippen LogP contribution < -0.4 is 5.73 Å². The molecule has 0 aliphatic carbocycles. The minimum atomic E-state index is 0.800. The summed E-state index contributed by atoms with van der Waals surface area (Å²) in [6.07, 6.45) is 0.970. The minimum absolute atomic E-state index is 0.800. The van der Waals surface area contributed by atoms with Crippen LogP contribution in [0.25, 0.3) is 10.1 Å². The SMILES string of the molecule is CCc1ccc2c(Cl)csc2c1N. The van der Waals surface area contributed by atoms with Gasteiger partial charge in [-0.1, -0.05) is 30.7 Å². The average molecular weight is 212 g/mol. The van der Waals surface area contributed by atoms with Gasteiger partial charge < -0.3 is 5.73 Å². The first-order valence-corrected chi connectivity index (χ1v) is 5.44. The number of rotatable bonds is 1. The molecule has 0 saturated carbocycles. The lowest BCUT2D eigenvalue weighted by molar-refractivity contribution is 1.15. The Morgan fingerprint density at radius 3 is 2.92 bits per heavy atom. The maximum atomic E-state index is 5.99. The van der Waals surface area contributed by atoms with E-state index in [1.807, 2.05) is 11.4 Å². The number of thiophene rings is 1. The highest BCUT2D eigenvalue weighted by atomic mass is 35.5. The Kier molecular flexibility index (Phi) is 2.18. The molecule has 68 valence electrons. The molecule has 0 fully saturated rings. The highest BCUT2D eigenvalue weighted by Crippen LogP contribution is 2.35. The number of fused-ring (bicyclic) bond motifs is 1. The third-order valence-electron chi connectivity index (χ3n) is 2.20. The predicted octanol–water partition coefficient (Wildman–Crippen LogP) is 3.70. The zero-order chi connectivity index (χ0) is 9.42. The largest absolute Gasteiger partial charge is 0.397 e. The second kappa shape index (κ2) is 3.20. The molecule has 2 rings (SSSR count). The van der Waals surface area contributed by atoms with Gasteiger partial charge in [0.15, 0.2) is 0 Å². The maximum Gasteiger partial charge on any atom is 0.0592 e. The third-order valence-corrected chi connectivity index (χ3v) is 3.68. The van der Waals surface area contributed by atoms with Gasteiger partial charge in [0.05, 0.1) is 15.4 Å². The van der Waals surface area contributed by atoms with E-state index in [4.69, 9.17) is 17.3 Å². The van der Waals surface area contributed by atoms with Crippen molar-refractivity contribution < 1.29 is 0 Å². The van der Waals surface area contributed by atoms with Crippen molar-refractivity contribution in [2.24, 2.45) is 0 Å². The Hall–Kier alpha value is -0.730. The average Bonchev–Trinajstić information content (AvgIpc) is 2.50. The summed E-state index contributed by atoms with van der Waals surface area (Å²) in [7, 11) is 0. The van der Waals surface area contributed by atoms with Crippen LogP contribution in [0.4, 0.5) is 5.69 Å². The summed E-state index contributed by atoms with van der Waals surface area (Å²) in [5.74, 6) is 0. The lowest BCUT2D eigenvalue weighted by Crippen LogP contribution is -1.91. The van der Waals surface area contributed by atoms with Crippen molar-refractivity contribution in [3.8, 4) is 0 Å². The molecule has 0 amide bonds. The number of nitrogen functional groups attached to an aromatic ring is 1. The Balaban J connectivity index is 2.80. The summed E-state index contributed by atoms with van der Waals surface area (Å²) < 4.78 is 1.12. The first kappa shape index (κ1) is 8.85. The van der Waals surface area contributed by atoms with E-state index < -0.39 is 0 Å². The quantitative estimate of drug-likeness (QED) is 0.716. The van der Waals surface area contributed by atoms with Crippen molar-refractivity contribution in [3.05, 3.63) is 28.1 Å². The van der Waals surface area contributed by atoms with Crippen LogP contribution in [0.3, 0.4) is 0 Å². The van der Waals surface area contributed by atoms with Crippen molar-refractivity contribution in [1.82, 2.24) is 0 Å². The number of nitrogens with two attached hydrogens (primary N) is 1. The normalized spacial score (nSPS) is 10.9. The Morgan fingerprint density at radius 1 is 1.46 bits per heavy atom. The van der Waals surface area contributed by atoms with Crippen LogP contribution in [0.15, 0.2) is 17.5 Å². The van der Waals surface area contributed by atoms with Gasteiger partial charge in [-0.15, -0.1) is 11.3 Å². The third kappa shape index (κ3) is 1.30. The molecule has 0 bridgehead atoms. The summed E-state index contributed by atoms with van der Waals surface area (Å²) in [5, 5.41) is 3.80. The summed E-state index contributed by atoms with van der Waals surface area (Å²) in [5.41, 5.74) is 8.08. The van der Waals surface area contributed by atoms with Crippen LogP contribution in [0.1, 0.15) is 12.5 Å². The zero-order valence-corrected chi connectivity index (χ0v) is 8.88. The summed E-state index contributed by atoms with van der Waals surface area (Å²) >= 11 is 7.61. The van der Waals surface area contributed by atoms with Crippen LogP contribution in [0, 0.1) is 0 Å². The number of aryl methyl sites for hydroxylation is 1. The highest BCUT2D eigenvalue weighted by Gasteiger charge is 2.07. The van der Waals surface area contributed by atoms with Crippen molar-refractivity contribution in [1.29, 1.82) is 0 Å². The zero-order valence-electron chi connectivity index (χ0n) is 7.30. The molecule has 0 aliphatic heterocycles. The predicted molar refractivity (Wildman–Crippen MR) is 60.6 cm³/mol. The number of anilines is 1. The second-order valence-corrected chi connectivity index (χ2v) is 4.24. The van der Waals surface area contributed by atoms with Gasteiger partial charge in [-0.2, -0.15) is 0 Å². The van der Waals surface area contributed by atoms with Crippen LogP contribution >= 0.6 is 22.9 Å². The van der Waals surface area contributed by atoms with Gasteiger partial charge in [-0.3, -0.25) is 0 Å². The van der Waals surface area contributed by atoms with Crippen molar-refractivity contribution >= 4 is 38.7 Å². The molecule has 1 heterocycles. The van der Waals surface area contributed by atoms with Gasteiger partial charge in [-0.25, -0.2) is 0 Å². The lowest BCUT2D eigenvalue weighted by atomic mass is 10.1. The molecule has 0 saturated heterocycles. The van der Waals surface area contributed by atoms with Gasteiger partial charge in [0, 0.05) is 10.8 Å². The molecule has 13 heavy (non-hydrogen) atoms. The summed E-state index contributed by atoms with van der Waals surface area (Å²) in [6, 6.07) is 4.10. The maximum absolute atomic E-state index is 5.99. The van der Waals surface area contributed by atoms with E-state index in [-0.39, 0.29) is 0 Å². The number of hydrogen-bond acceptors (Lipinski definition) is 2. The van der Waals surface area contributed by atoms with E-state index in [1.165, 1.54) is 5.56 Å². The molecule has 0 unspecified atom stereocenters. The number of halogens is 1. The molecular formula is C10H10ClNS. The first-order chi connectivity index (χ1) is 6.24. The van der Waals surface area contributed by atoms with E-state index in [1.54, 1.807) is 11.3 Å². The molecule has 1 nitrogen and oxygen atoms in total. The minimum Gasteiger partial charge on any atom is -0.397 e. The fraction of sp³-hybridized carbons (Fsp3) is 0.200.